The van der Waals surface area contributed by atoms with Crippen LogP contribution in [0.15, 0.2) is 40.1 Å². The maximum Gasteiger partial charge on any atom is 0.330 e. The van der Waals surface area contributed by atoms with E-state index in [2.05, 4.69) is 5.09 Å². The van der Waals surface area contributed by atoms with Crippen molar-refractivity contribution in [3.05, 3.63) is 62.1 Å². The molecule has 1 fully saturated rings. The molecule has 0 bridgehead atoms. The molecule has 2 heterocycles. The molecule has 4 N–H and O–H groups in total. The number of esters is 1. The Morgan fingerprint density at radius 1 is 1.41 bits per heavy atom. The summed E-state index contributed by atoms with van der Waals surface area (Å²) >= 11 is 11.4. The van der Waals surface area contributed by atoms with E-state index >= 15 is 0 Å². The summed E-state index contributed by atoms with van der Waals surface area (Å²) in [4.78, 5) is 38.1. The Hall–Kier alpha value is -2.60. The van der Waals surface area contributed by atoms with E-state index in [9.17, 15) is 29.0 Å². The molecule has 212 valence electrons. The van der Waals surface area contributed by atoms with Crippen LogP contribution in [0.2, 0.25) is 5.02 Å². The van der Waals surface area contributed by atoms with Crippen molar-refractivity contribution in [1.82, 2.24) is 14.6 Å². The number of hydrogen-bond donors (Lipinski definition) is 4. The molecular formula is C23H26ClFN3O9PS. The number of ether oxygens (including phenoxy) is 2. The second-order valence-corrected chi connectivity index (χ2v) is 12.3. The maximum absolute atomic E-state index is 13.7. The third kappa shape index (κ3) is 7.13. The standard InChI is InChI=1S/C23H26ClFN3O9PS/c1-5-23(33)19(30)17(36-21(23)28-9-8-18(29)26-22(28)32)11-34-38(39,27-13(4)20(31)35-12(2)3)37-14-6-7-16(25)15(24)10-14/h1,6-10,12-13,17,19,21,30,33H,11H2,2-4H3,(H,27,39)(H,26,29,32)/t13-,17+,19+,21+,23+,38?/m0/s1. The van der Waals surface area contributed by atoms with Crippen LogP contribution in [0.4, 0.5) is 4.39 Å². The topological polar surface area (TPSA) is 161 Å². The first-order valence-corrected chi connectivity index (χ1v) is 14.4. The number of aliphatic hydroxyl groups is 2. The van der Waals surface area contributed by atoms with Gasteiger partial charge in [-0.05, 0) is 44.7 Å². The Labute approximate surface area is 232 Å². The van der Waals surface area contributed by atoms with Crippen LogP contribution >= 0.6 is 18.2 Å². The number of H-pyrrole nitrogens is 1. The number of nitrogens with one attached hydrogen (secondary N) is 2. The van der Waals surface area contributed by atoms with Gasteiger partial charge in [-0.25, -0.2) is 14.3 Å². The highest BCUT2D eigenvalue weighted by Crippen LogP contribution is 2.47. The molecule has 1 aliphatic heterocycles. The van der Waals surface area contributed by atoms with Crippen LogP contribution < -0.4 is 20.9 Å². The summed E-state index contributed by atoms with van der Waals surface area (Å²) in [7, 11) is 0. The van der Waals surface area contributed by atoms with Gasteiger partial charge in [0.15, 0.2) is 11.8 Å². The minimum atomic E-state index is -3.71. The zero-order valence-corrected chi connectivity index (χ0v) is 23.3. The summed E-state index contributed by atoms with van der Waals surface area (Å²) in [6.45, 7) is 0.508. The zero-order valence-electron chi connectivity index (χ0n) is 20.9. The van der Waals surface area contributed by atoms with Gasteiger partial charge in [0.05, 0.1) is 17.7 Å². The molecule has 0 radical (unpaired) electrons. The van der Waals surface area contributed by atoms with E-state index in [4.69, 9.17) is 48.4 Å². The first-order valence-electron chi connectivity index (χ1n) is 11.4. The van der Waals surface area contributed by atoms with Crippen molar-refractivity contribution < 1.29 is 37.9 Å². The number of carbonyl (C=O) groups is 1. The lowest BCUT2D eigenvalue weighted by Crippen LogP contribution is -2.48. The minimum absolute atomic E-state index is 0.00680. The second-order valence-electron chi connectivity index (χ2n) is 8.76. The predicted molar refractivity (Wildman–Crippen MR) is 141 cm³/mol. The first-order chi connectivity index (χ1) is 18.2. The van der Waals surface area contributed by atoms with Crippen molar-refractivity contribution in [3.63, 3.8) is 0 Å². The van der Waals surface area contributed by atoms with E-state index in [-0.39, 0.29) is 10.8 Å². The Morgan fingerprint density at radius 2 is 2.10 bits per heavy atom. The van der Waals surface area contributed by atoms with E-state index in [0.29, 0.717) is 0 Å². The number of hydrogen-bond acceptors (Lipinski definition) is 10. The summed E-state index contributed by atoms with van der Waals surface area (Å²) in [5, 5.41) is 24.3. The minimum Gasteiger partial charge on any atom is -0.462 e. The number of terminal acetylenes is 1. The van der Waals surface area contributed by atoms with Crippen molar-refractivity contribution in [2.45, 2.75) is 57.0 Å². The SMILES string of the molecule is C#C[C@@]1(O)[C@H](O)[C@@H](COP(=S)(N[C@@H](C)C(=O)OC(C)C)Oc2ccc(F)c(Cl)c2)O[C@H]1n1ccc(=O)[nH]c1=O. The molecule has 1 aromatic heterocycles. The molecule has 0 aliphatic carbocycles. The van der Waals surface area contributed by atoms with Gasteiger partial charge in [0.25, 0.3) is 5.56 Å². The fourth-order valence-electron chi connectivity index (χ4n) is 3.51. The lowest BCUT2D eigenvalue weighted by molar-refractivity contribution is -0.149. The normalized spacial score (nSPS) is 25.1. The molecule has 0 amide bonds. The van der Waals surface area contributed by atoms with E-state index < -0.39 is 72.5 Å². The quantitative estimate of drug-likeness (QED) is 0.175. The van der Waals surface area contributed by atoms with Crippen molar-refractivity contribution in [2.75, 3.05) is 6.61 Å². The number of carbonyl (C=O) groups excluding carboxylic acids is 1. The third-order valence-corrected chi connectivity index (χ3v) is 8.19. The van der Waals surface area contributed by atoms with Crippen LogP contribution in [0.5, 0.6) is 5.75 Å². The van der Waals surface area contributed by atoms with Gasteiger partial charge in [0.1, 0.15) is 29.8 Å². The van der Waals surface area contributed by atoms with Gasteiger partial charge in [0, 0.05) is 18.3 Å². The Kier molecular flexibility index (Phi) is 9.74. The van der Waals surface area contributed by atoms with Gasteiger partial charge in [-0.1, -0.05) is 17.5 Å². The molecule has 3 rings (SSSR count). The molecule has 39 heavy (non-hydrogen) atoms. The van der Waals surface area contributed by atoms with Crippen LogP contribution in [-0.4, -0.2) is 62.3 Å². The molecule has 1 aliphatic rings. The molecule has 1 aromatic carbocycles. The highest BCUT2D eigenvalue weighted by molar-refractivity contribution is 8.09. The Morgan fingerprint density at radius 3 is 2.69 bits per heavy atom. The van der Waals surface area contributed by atoms with Gasteiger partial charge in [-0.15, -0.1) is 6.42 Å². The summed E-state index contributed by atoms with van der Waals surface area (Å²) in [6, 6.07) is 3.40. The van der Waals surface area contributed by atoms with Gasteiger partial charge in [-0.2, -0.15) is 0 Å². The van der Waals surface area contributed by atoms with E-state index in [1.54, 1.807) is 13.8 Å². The summed E-state index contributed by atoms with van der Waals surface area (Å²) in [5.74, 6) is 0.654. The molecule has 1 unspecified atom stereocenters. The molecule has 0 saturated carbocycles. The van der Waals surface area contributed by atoms with Crippen LogP contribution in [-0.2, 0) is 30.6 Å². The average Bonchev–Trinajstić information content (AvgIpc) is 3.10. The fraction of sp³-hybridized carbons (Fsp3) is 0.435. The number of nitrogens with zero attached hydrogens (tertiary/aromatic N) is 1. The molecule has 6 atom stereocenters. The number of rotatable bonds is 10. The lowest BCUT2D eigenvalue weighted by Gasteiger charge is -2.28. The molecular weight excluding hydrogens is 580 g/mol. The lowest BCUT2D eigenvalue weighted by atomic mass is 9.95. The monoisotopic (exact) mass is 605 g/mol. The number of halogens is 2. The smallest absolute Gasteiger partial charge is 0.330 e. The van der Waals surface area contributed by atoms with Crippen LogP contribution in [0.3, 0.4) is 0 Å². The number of aromatic amines is 1. The van der Waals surface area contributed by atoms with Crippen LogP contribution in [0.25, 0.3) is 0 Å². The molecule has 2 aromatic rings. The van der Waals surface area contributed by atoms with Crippen LogP contribution in [0, 0.1) is 18.2 Å². The molecule has 0 spiro atoms. The van der Waals surface area contributed by atoms with E-state index in [0.717, 1.165) is 29.0 Å². The van der Waals surface area contributed by atoms with Crippen molar-refractivity contribution >= 4 is 36.0 Å². The van der Waals surface area contributed by atoms with E-state index in [1.807, 2.05) is 10.9 Å². The van der Waals surface area contributed by atoms with Gasteiger partial charge in [-0.3, -0.25) is 19.1 Å². The highest BCUT2D eigenvalue weighted by Gasteiger charge is 2.56. The summed E-state index contributed by atoms with van der Waals surface area (Å²) in [5.41, 5.74) is -4.06. The van der Waals surface area contributed by atoms with Gasteiger partial charge >= 0.3 is 18.3 Å². The first kappa shape index (κ1) is 30.9. The fourth-order valence-corrected chi connectivity index (χ4v) is 6.09. The maximum atomic E-state index is 13.7. The van der Waals surface area contributed by atoms with Crippen molar-refractivity contribution in [3.8, 4) is 18.1 Å². The number of aromatic nitrogens is 2. The second kappa shape index (κ2) is 12.3. The third-order valence-electron chi connectivity index (χ3n) is 5.40. The van der Waals surface area contributed by atoms with Gasteiger partial charge < -0.3 is 28.7 Å². The highest BCUT2D eigenvalue weighted by atomic mass is 35.5. The van der Waals surface area contributed by atoms with Crippen molar-refractivity contribution in [1.29, 1.82) is 0 Å². The number of aliphatic hydroxyl groups excluding tert-OH is 1. The molecule has 16 heteroatoms. The van der Waals surface area contributed by atoms with Crippen LogP contribution in [0.1, 0.15) is 27.0 Å². The molecule has 1 saturated heterocycles. The van der Waals surface area contributed by atoms with Gasteiger partial charge in [0.2, 0.25) is 0 Å². The Balaban J connectivity index is 1.87. The molecule has 12 nitrogen and oxygen atoms in total. The largest absolute Gasteiger partial charge is 0.462 e. The van der Waals surface area contributed by atoms with Crippen molar-refractivity contribution in [2.24, 2.45) is 0 Å². The summed E-state index contributed by atoms with van der Waals surface area (Å²) in [6.07, 6.45) is 1.31. The average molecular weight is 606 g/mol. The number of benzene rings is 1. The Bertz CT molecular complexity index is 1430. The van der Waals surface area contributed by atoms with E-state index in [1.165, 1.54) is 13.0 Å². The summed E-state index contributed by atoms with van der Waals surface area (Å²) < 4.78 is 36.9. The predicted octanol–water partition coefficient (Wildman–Crippen LogP) is 1.20. The zero-order chi connectivity index (χ0) is 29.1.